The molecule has 2 heterocycles. The van der Waals surface area contributed by atoms with Crippen LogP contribution in [0.4, 0.5) is 0 Å². The smallest absolute Gasteiger partial charge is 0.226 e. The number of rotatable bonds is 5. The molecule has 2 aromatic heterocycles. The van der Waals surface area contributed by atoms with Crippen LogP contribution in [0.2, 0.25) is 0 Å². The van der Waals surface area contributed by atoms with Crippen LogP contribution >= 0.6 is 11.3 Å². The summed E-state index contributed by atoms with van der Waals surface area (Å²) in [4.78, 5) is 15.7. The summed E-state index contributed by atoms with van der Waals surface area (Å²) in [6.07, 6.45) is 1.02. The average Bonchev–Trinajstić information content (AvgIpc) is 2.90. The zero-order chi connectivity index (χ0) is 12.1. The minimum atomic E-state index is -0.0477. The average molecular weight is 251 g/mol. The van der Waals surface area contributed by atoms with Crippen molar-refractivity contribution in [3.05, 3.63) is 34.1 Å². The number of amides is 1. The van der Waals surface area contributed by atoms with E-state index in [4.69, 9.17) is 4.52 Å². The topological polar surface area (TPSA) is 68.0 Å². The molecule has 6 heteroatoms. The highest BCUT2D eigenvalue weighted by molar-refractivity contribution is 7.07. The van der Waals surface area contributed by atoms with Gasteiger partial charge in [0, 0.05) is 24.4 Å². The van der Waals surface area contributed by atoms with Gasteiger partial charge in [-0.15, -0.1) is 11.3 Å². The standard InChI is InChI=1S/C11H13N3O2S/c1-8-4-10(14-16-8)5-11(15)12-3-2-9-6-17-7-13-9/h4,6-7H,2-3,5H2,1H3,(H,12,15). The number of hydrogen-bond donors (Lipinski definition) is 1. The van der Waals surface area contributed by atoms with Gasteiger partial charge < -0.3 is 9.84 Å². The van der Waals surface area contributed by atoms with E-state index in [-0.39, 0.29) is 12.3 Å². The van der Waals surface area contributed by atoms with Gasteiger partial charge in [0.05, 0.1) is 23.3 Å². The quantitative estimate of drug-likeness (QED) is 0.870. The maximum Gasteiger partial charge on any atom is 0.226 e. The van der Waals surface area contributed by atoms with Crippen molar-refractivity contribution < 1.29 is 9.32 Å². The number of nitrogens with zero attached hydrogens (tertiary/aromatic N) is 2. The van der Waals surface area contributed by atoms with Crippen LogP contribution in [0.5, 0.6) is 0 Å². The van der Waals surface area contributed by atoms with Crippen LogP contribution in [0.3, 0.4) is 0 Å². The second-order valence-electron chi connectivity index (χ2n) is 3.69. The summed E-state index contributed by atoms with van der Waals surface area (Å²) in [6, 6.07) is 1.76. The van der Waals surface area contributed by atoms with Gasteiger partial charge in [-0.25, -0.2) is 4.98 Å². The summed E-state index contributed by atoms with van der Waals surface area (Å²) < 4.78 is 4.89. The van der Waals surface area contributed by atoms with Crippen LogP contribution in [0.15, 0.2) is 21.5 Å². The Bertz CT molecular complexity index is 479. The zero-order valence-corrected chi connectivity index (χ0v) is 10.3. The Morgan fingerprint density at radius 3 is 3.06 bits per heavy atom. The Morgan fingerprint density at radius 1 is 1.53 bits per heavy atom. The molecule has 2 rings (SSSR count). The van der Waals surface area contributed by atoms with Crippen molar-refractivity contribution in [2.24, 2.45) is 0 Å². The Labute approximate surface area is 103 Å². The number of carbonyl (C=O) groups excluding carboxylic acids is 1. The number of nitrogens with one attached hydrogen (secondary N) is 1. The van der Waals surface area contributed by atoms with Crippen LogP contribution in [0.1, 0.15) is 17.1 Å². The second kappa shape index (κ2) is 5.58. The molecule has 0 aromatic carbocycles. The lowest BCUT2D eigenvalue weighted by Gasteiger charge is -2.01. The Kier molecular flexibility index (Phi) is 3.87. The van der Waals surface area contributed by atoms with Gasteiger partial charge in [0.2, 0.25) is 5.91 Å². The third kappa shape index (κ3) is 3.67. The first kappa shape index (κ1) is 11.8. The van der Waals surface area contributed by atoms with Gasteiger partial charge in [-0.05, 0) is 6.92 Å². The molecule has 0 aliphatic heterocycles. The highest BCUT2D eigenvalue weighted by atomic mass is 32.1. The highest BCUT2D eigenvalue weighted by Crippen LogP contribution is 2.03. The van der Waals surface area contributed by atoms with Crippen molar-refractivity contribution in [3.8, 4) is 0 Å². The minimum Gasteiger partial charge on any atom is -0.361 e. The molecule has 0 aliphatic carbocycles. The summed E-state index contributed by atoms with van der Waals surface area (Å²) in [5.74, 6) is 0.670. The van der Waals surface area contributed by atoms with Crippen molar-refractivity contribution >= 4 is 17.2 Å². The molecule has 0 saturated heterocycles. The van der Waals surface area contributed by atoms with E-state index >= 15 is 0 Å². The number of hydrogen-bond acceptors (Lipinski definition) is 5. The van der Waals surface area contributed by atoms with Crippen LogP contribution in [0.25, 0.3) is 0 Å². The maximum absolute atomic E-state index is 11.5. The molecule has 5 nitrogen and oxygen atoms in total. The van der Waals surface area contributed by atoms with E-state index in [9.17, 15) is 4.79 Å². The third-order valence-electron chi connectivity index (χ3n) is 2.21. The molecule has 0 aliphatic rings. The molecule has 0 fully saturated rings. The predicted molar refractivity (Wildman–Crippen MR) is 63.8 cm³/mol. The van der Waals surface area contributed by atoms with E-state index in [0.717, 1.165) is 17.9 Å². The highest BCUT2D eigenvalue weighted by Gasteiger charge is 2.07. The summed E-state index contributed by atoms with van der Waals surface area (Å²) in [5, 5.41) is 8.57. The molecule has 0 unspecified atom stereocenters. The van der Waals surface area contributed by atoms with Crippen LogP contribution in [-0.2, 0) is 17.6 Å². The zero-order valence-electron chi connectivity index (χ0n) is 9.47. The second-order valence-corrected chi connectivity index (χ2v) is 4.40. The number of aryl methyl sites for hydroxylation is 1. The molecular formula is C11H13N3O2S. The van der Waals surface area contributed by atoms with Crippen molar-refractivity contribution in [2.75, 3.05) is 6.54 Å². The third-order valence-corrected chi connectivity index (χ3v) is 2.84. The van der Waals surface area contributed by atoms with Gasteiger partial charge in [-0.1, -0.05) is 5.16 Å². The lowest BCUT2D eigenvalue weighted by atomic mass is 10.2. The maximum atomic E-state index is 11.5. The Morgan fingerprint density at radius 2 is 2.41 bits per heavy atom. The molecule has 0 spiro atoms. The van der Waals surface area contributed by atoms with E-state index in [0.29, 0.717) is 12.2 Å². The number of carbonyl (C=O) groups is 1. The van der Waals surface area contributed by atoms with Gasteiger partial charge in [-0.2, -0.15) is 0 Å². The van der Waals surface area contributed by atoms with E-state index in [1.165, 1.54) is 0 Å². The van der Waals surface area contributed by atoms with Gasteiger partial charge in [0.25, 0.3) is 0 Å². The molecule has 0 bridgehead atoms. The minimum absolute atomic E-state index is 0.0477. The fourth-order valence-corrected chi connectivity index (χ4v) is 2.01. The normalized spacial score (nSPS) is 10.4. The summed E-state index contributed by atoms with van der Waals surface area (Å²) in [7, 11) is 0. The molecule has 0 atom stereocenters. The largest absolute Gasteiger partial charge is 0.361 e. The van der Waals surface area contributed by atoms with E-state index in [1.807, 2.05) is 5.38 Å². The van der Waals surface area contributed by atoms with Crippen molar-refractivity contribution in [1.29, 1.82) is 0 Å². The number of thiazole rings is 1. The fraction of sp³-hybridized carbons (Fsp3) is 0.364. The van der Waals surface area contributed by atoms with E-state index in [2.05, 4.69) is 15.5 Å². The lowest BCUT2D eigenvalue weighted by Crippen LogP contribution is -2.27. The summed E-state index contributed by atoms with van der Waals surface area (Å²) in [5.41, 5.74) is 3.45. The summed E-state index contributed by atoms with van der Waals surface area (Å²) >= 11 is 1.56. The molecule has 1 N–H and O–H groups in total. The van der Waals surface area contributed by atoms with Crippen LogP contribution in [-0.4, -0.2) is 22.6 Å². The molecule has 0 radical (unpaired) electrons. The molecular weight excluding hydrogens is 238 g/mol. The first-order valence-electron chi connectivity index (χ1n) is 5.30. The van der Waals surface area contributed by atoms with Gasteiger partial charge in [0.15, 0.2) is 0 Å². The van der Waals surface area contributed by atoms with Gasteiger partial charge >= 0.3 is 0 Å². The van der Waals surface area contributed by atoms with Crippen molar-refractivity contribution in [3.63, 3.8) is 0 Å². The lowest BCUT2D eigenvalue weighted by molar-refractivity contribution is -0.120. The predicted octanol–water partition coefficient (Wildman–Crippen LogP) is 1.34. The van der Waals surface area contributed by atoms with Gasteiger partial charge in [-0.3, -0.25) is 4.79 Å². The van der Waals surface area contributed by atoms with Crippen molar-refractivity contribution in [1.82, 2.24) is 15.5 Å². The van der Waals surface area contributed by atoms with Crippen LogP contribution in [0, 0.1) is 6.92 Å². The SMILES string of the molecule is Cc1cc(CC(=O)NCCc2cscn2)no1. The fourth-order valence-electron chi connectivity index (χ4n) is 1.42. The van der Waals surface area contributed by atoms with Gasteiger partial charge in [0.1, 0.15) is 5.76 Å². The summed E-state index contributed by atoms with van der Waals surface area (Å²) in [6.45, 7) is 2.40. The molecule has 90 valence electrons. The Hall–Kier alpha value is -1.69. The van der Waals surface area contributed by atoms with Crippen molar-refractivity contribution in [2.45, 2.75) is 19.8 Å². The van der Waals surface area contributed by atoms with E-state index in [1.54, 1.807) is 29.8 Å². The first-order valence-corrected chi connectivity index (χ1v) is 6.24. The number of aromatic nitrogens is 2. The molecule has 1 amide bonds. The monoisotopic (exact) mass is 251 g/mol. The molecule has 0 saturated carbocycles. The van der Waals surface area contributed by atoms with E-state index < -0.39 is 0 Å². The Balaban J connectivity index is 1.71. The van der Waals surface area contributed by atoms with Crippen LogP contribution < -0.4 is 5.32 Å². The molecule has 17 heavy (non-hydrogen) atoms. The first-order chi connectivity index (χ1) is 8.24. The molecule has 2 aromatic rings.